The summed E-state index contributed by atoms with van der Waals surface area (Å²) in [4.78, 5) is 17.7. The standard InChI is InChI=1S/C19H21N3O2S3/c1-12-5-6-15-13(8-12)9-16(27-15)18-20-21-19(24-18)26-11-17(23)22(2)10-14-4-3-7-25-14/h3-4,7,9,12H,5-6,8,10-11H2,1-2H3/t12-/m0/s1. The molecule has 1 aliphatic carbocycles. The Morgan fingerprint density at radius 2 is 2.33 bits per heavy atom. The summed E-state index contributed by atoms with van der Waals surface area (Å²) in [6, 6.07) is 6.22. The van der Waals surface area contributed by atoms with Gasteiger partial charge in [0.05, 0.1) is 17.2 Å². The normalized spacial score (nSPS) is 16.3. The number of aryl methyl sites for hydroxylation is 1. The molecule has 5 nitrogen and oxygen atoms in total. The van der Waals surface area contributed by atoms with Crippen molar-refractivity contribution >= 4 is 40.3 Å². The third kappa shape index (κ3) is 4.44. The Bertz CT molecular complexity index is 917. The summed E-state index contributed by atoms with van der Waals surface area (Å²) in [5.41, 5.74) is 1.42. The van der Waals surface area contributed by atoms with Crippen LogP contribution in [0.25, 0.3) is 10.8 Å². The van der Waals surface area contributed by atoms with Crippen LogP contribution in [0, 0.1) is 5.92 Å². The molecule has 0 saturated carbocycles. The summed E-state index contributed by atoms with van der Waals surface area (Å²) < 4.78 is 5.79. The Labute approximate surface area is 170 Å². The van der Waals surface area contributed by atoms with Crippen LogP contribution in [-0.2, 0) is 24.2 Å². The van der Waals surface area contributed by atoms with Crippen molar-refractivity contribution in [1.82, 2.24) is 15.1 Å². The Kier molecular flexibility index (Phi) is 5.66. The number of amides is 1. The van der Waals surface area contributed by atoms with Gasteiger partial charge in [-0.1, -0.05) is 24.8 Å². The van der Waals surface area contributed by atoms with Crippen LogP contribution >= 0.6 is 34.4 Å². The molecule has 8 heteroatoms. The lowest BCUT2D eigenvalue weighted by atomic mass is 9.90. The van der Waals surface area contributed by atoms with Crippen molar-refractivity contribution in [1.29, 1.82) is 0 Å². The summed E-state index contributed by atoms with van der Waals surface area (Å²) in [5.74, 6) is 1.64. The second-order valence-electron chi connectivity index (χ2n) is 6.90. The second kappa shape index (κ2) is 8.16. The van der Waals surface area contributed by atoms with E-state index in [1.807, 2.05) is 24.6 Å². The number of aromatic nitrogens is 2. The van der Waals surface area contributed by atoms with Crippen molar-refractivity contribution in [2.45, 2.75) is 38.0 Å². The summed E-state index contributed by atoms with van der Waals surface area (Å²) in [6.45, 7) is 2.93. The Hall–Kier alpha value is -1.64. The van der Waals surface area contributed by atoms with Crippen LogP contribution < -0.4 is 0 Å². The van der Waals surface area contributed by atoms with E-state index in [-0.39, 0.29) is 5.91 Å². The molecule has 0 aliphatic heterocycles. The van der Waals surface area contributed by atoms with Gasteiger partial charge in [0.1, 0.15) is 0 Å². The molecule has 3 aromatic heterocycles. The van der Waals surface area contributed by atoms with E-state index in [2.05, 4.69) is 23.2 Å². The molecule has 0 fully saturated rings. The van der Waals surface area contributed by atoms with Crippen molar-refractivity contribution < 1.29 is 9.21 Å². The van der Waals surface area contributed by atoms with Gasteiger partial charge >= 0.3 is 0 Å². The largest absolute Gasteiger partial charge is 0.410 e. The van der Waals surface area contributed by atoms with Crippen molar-refractivity contribution in [3.63, 3.8) is 0 Å². The van der Waals surface area contributed by atoms with Gasteiger partial charge in [-0.3, -0.25) is 4.79 Å². The number of thiophene rings is 2. The molecule has 0 radical (unpaired) electrons. The number of fused-ring (bicyclic) bond motifs is 1. The van der Waals surface area contributed by atoms with Gasteiger partial charge in [0.2, 0.25) is 5.91 Å². The quantitative estimate of drug-likeness (QED) is 0.540. The summed E-state index contributed by atoms with van der Waals surface area (Å²) >= 11 is 4.71. The SMILES string of the molecule is C[C@H]1CCc2sc(-c3nnc(SCC(=O)N(C)Cc4cccs4)o3)cc2C1. The first-order valence-corrected chi connectivity index (χ1v) is 11.6. The molecular weight excluding hydrogens is 398 g/mol. The summed E-state index contributed by atoms with van der Waals surface area (Å²) in [7, 11) is 1.82. The van der Waals surface area contributed by atoms with Crippen LogP contribution in [0.3, 0.4) is 0 Å². The molecule has 142 valence electrons. The highest BCUT2D eigenvalue weighted by atomic mass is 32.2. The van der Waals surface area contributed by atoms with Crippen LogP contribution in [0.15, 0.2) is 33.2 Å². The highest BCUT2D eigenvalue weighted by Gasteiger charge is 2.21. The zero-order valence-electron chi connectivity index (χ0n) is 15.3. The molecule has 27 heavy (non-hydrogen) atoms. The number of nitrogens with zero attached hydrogens (tertiary/aromatic N) is 3. The van der Waals surface area contributed by atoms with E-state index in [1.54, 1.807) is 27.6 Å². The second-order valence-corrected chi connectivity index (χ2v) is 9.99. The first kappa shape index (κ1) is 18.7. The van der Waals surface area contributed by atoms with Gasteiger partial charge in [-0.15, -0.1) is 32.9 Å². The predicted molar refractivity (Wildman–Crippen MR) is 110 cm³/mol. The van der Waals surface area contributed by atoms with Crippen LogP contribution in [0.4, 0.5) is 0 Å². The molecule has 3 heterocycles. The molecule has 1 aliphatic rings. The highest BCUT2D eigenvalue weighted by molar-refractivity contribution is 7.99. The third-order valence-corrected chi connectivity index (χ3v) is 7.55. The maximum Gasteiger partial charge on any atom is 0.277 e. The topological polar surface area (TPSA) is 59.2 Å². The smallest absolute Gasteiger partial charge is 0.277 e. The average molecular weight is 420 g/mol. The number of carbonyl (C=O) groups excluding carboxylic acids is 1. The number of carbonyl (C=O) groups is 1. The fourth-order valence-electron chi connectivity index (χ4n) is 3.14. The van der Waals surface area contributed by atoms with E-state index < -0.39 is 0 Å². The molecule has 0 N–H and O–H groups in total. The van der Waals surface area contributed by atoms with E-state index >= 15 is 0 Å². The molecule has 0 unspecified atom stereocenters. The first-order chi connectivity index (χ1) is 13.1. The van der Waals surface area contributed by atoms with Gasteiger partial charge in [0, 0.05) is 16.8 Å². The van der Waals surface area contributed by atoms with E-state index in [0.29, 0.717) is 23.4 Å². The molecule has 0 bridgehead atoms. The van der Waals surface area contributed by atoms with Crippen molar-refractivity contribution in [3.8, 4) is 10.8 Å². The maximum atomic E-state index is 12.3. The van der Waals surface area contributed by atoms with Gasteiger partial charge < -0.3 is 9.32 Å². The molecule has 0 spiro atoms. The predicted octanol–water partition coefficient (Wildman–Crippen LogP) is 4.74. The van der Waals surface area contributed by atoms with Crippen LogP contribution in [-0.4, -0.2) is 33.8 Å². The number of rotatable bonds is 6. The Balaban J connectivity index is 1.35. The minimum Gasteiger partial charge on any atom is -0.410 e. The zero-order valence-corrected chi connectivity index (χ0v) is 17.8. The van der Waals surface area contributed by atoms with Gasteiger partial charge in [0.15, 0.2) is 0 Å². The Morgan fingerprint density at radius 3 is 3.15 bits per heavy atom. The number of thioether (sulfide) groups is 1. The molecule has 4 rings (SSSR count). The molecule has 0 aromatic carbocycles. The Morgan fingerprint density at radius 1 is 1.44 bits per heavy atom. The van der Waals surface area contributed by atoms with Gasteiger partial charge in [-0.25, -0.2) is 0 Å². The summed E-state index contributed by atoms with van der Waals surface area (Å²) in [6.07, 6.45) is 3.52. The average Bonchev–Trinajstić information content (AvgIpc) is 3.39. The molecule has 1 amide bonds. The van der Waals surface area contributed by atoms with E-state index in [0.717, 1.165) is 23.6 Å². The number of hydrogen-bond donors (Lipinski definition) is 0. The summed E-state index contributed by atoms with van der Waals surface area (Å²) in [5, 5.41) is 10.8. The monoisotopic (exact) mass is 419 g/mol. The van der Waals surface area contributed by atoms with Gasteiger partial charge in [-0.05, 0) is 48.3 Å². The van der Waals surface area contributed by atoms with E-state index in [4.69, 9.17) is 4.42 Å². The fraction of sp³-hybridized carbons (Fsp3) is 0.421. The molecular formula is C19H21N3O2S3. The molecule has 0 saturated heterocycles. The molecule has 1 atom stereocenters. The molecule has 3 aromatic rings. The lowest BCUT2D eigenvalue weighted by Crippen LogP contribution is -2.27. The maximum absolute atomic E-state index is 12.3. The van der Waals surface area contributed by atoms with Crippen molar-refractivity contribution in [3.05, 3.63) is 38.9 Å². The van der Waals surface area contributed by atoms with Crippen molar-refractivity contribution in [2.24, 2.45) is 5.92 Å². The zero-order chi connectivity index (χ0) is 18.8. The minimum absolute atomic E-state index is 0.0497. The minimum atomic E-state index is 0.0497. The van der Waals surface area contributed by atoms with E-state index in [9.17, 15) is 4.79 Å². The van der Waals surface area contributed by atoms with Gasteiger partial charge in [0.25, 0.3) is 11.1 Å². The lowest BCUT2D eigenvalue weighted by molar-refractivity contribution is -0.127. The third-order valence-electron chi connectivity index (χ3n) is 4.66. The van der Waals surface area contributed by atoms with Crippen LogP contribution in [0.1, 0.15) is 28.7 Å². The highest BCUT2D eigenvalue weighted by Crippen LogP contribution is 2.37. The van der Waals surface area contributed by atoms with Crippen molar-refractivity contribution in [2.75, 3.05) is 12.8 Å². The van der Waals surface area contributed by atoms with Crippen LogP contribution in [0.5, 0.6) is 0 Å². The number of hydrogen-bond acceptors (Lipinski definition) is 7. The van der Waals surface area contributed by atoms with Crippen LogP contribution in [0.2, 0.25) is 0 Å². The van der Waals surface area contributed by atoms with E-state index in [1.165, 1.54) is 33.5 Å². The first-order valence-electron chi connectivity index (χ1n) is 8.93. The lowest BCUT2D eigenvalue weighted by Gasteiger charge is -2.16. The van der Waals surface area contributed by atoms with Gasteiger partial charge in [-0.2, -0.15) is 0 Å². The fourth-order valence-corrected chi connectivity index (χ4v) is 5.73.